The average Bonchev–Trinajstić information content (AvgIpc) is 2.73. The molecule has 5 nitrogen and oxygen atoms in total. The van der Waals surface area contributed by atoms with Crippen molar-refractivity contribution in [2.24, 2.45) is 0 Å². The molecule has 5 heteroatoms. The molecule has 0 aliphatic carbocycles. The maximum Gasteiger partial charge on any atom is 0.220 e. The minimum Gasteiger partial charge on any atom is -0.378 e. The van der Waals surface area contributed by atoms with Crippen LogP contribution in [0.5, 0.6) is 0 Å². The number of amides is 1. The molecular formula is C11H19NO4. The Bertz CT molecular complexity index is 259. The summed E-state index contributed by atoms with van der Waals surface area (Å²) < 4.78 is 10.6. The summed E-state index contributed by atoms with van der Waals surface area (Å²) in [4.78, 5) is 22.1. The van der Waals surface area contributed by atoms with Gasteiger partial charge in [-0.15, -0.1) is 0 Å². The van der Waals surface area contributed by atoms with Crippen LogP contribution in [0.1, 0.15) is 26.2 Å². The van der Waals surface area contributed by atoms with E-state index < -0.39 is 0 Å². The van der Waals surface area contributed by atoms with Gasteiger partial charge in [-0.1, -0.05) is 0 Å². The number of methoxy groups -OCH3 is 1. The SMILES string of the molecule is COC1(CNC(=O)CCC(C)=O)CCOC1. The summed E-state index contributed by atoms with van der Waals surface area (Å²) in [7, 11) is 1.62. The fourth-order valence-electron chi connectivity index (χ4n) is 1.60. The second-order valence-corrected chi connectivity index (χ2v) is 4.17. The number of carbonyl (C=O) groups excluding carboxylic acids is 2. The number of nitrogens with one attached hydrogen (secondary N) is 1. The first-order valence-electron chi connectivity index (χ1n) is 5.47. The average molecular weight is 229 g/mol. The Morgan fingerprint density at radius 2 is 2.19 bits per heavy atom. The van der Waals surface area contributed by atoms with Crippen LogP contribution in [0.15, 0.2) is 0 Å². The van der Waals surface area contributed by atoms with E-state index in [4.69, 9.17) is 9.47 Å². The number of ketones is 1. The lowest BCUT2D eigenvalue weighted by Gasteiger charge is -2.25. The molecule has 1 fully saturated rings. The molecule has 1 aliphatic heterocycles. The zero-order chi connectivity index (χ0) is 12.0. The monoisotopic (exact) mass is 229 g/mol. The van der Waals surface area contributed by atoms with Gasteiger partial charge in [0.1, 0.15) is 11.4 Å². The van der Waals surface area contributed by atoms with Crippen LogP contribution in [-0.4, -0.2) is 44.2 Å². The van der Waals surface area contributed by atoms with E-state index in [9.17, 15) is 9.59 Å². The Morgan fingerprint density at radius 1 is 1.44 bits per heavy atom. The third-order valence-electron chi connectivity index (χ3n) is 2.81. The number of hydrogen-bond donors (Lipinski definition) is 1. The van der Waals surface area contributed by atoms with E-state index >= 15 is 0 Å². The summed E-state index contributed by atoms with van der Waals surface area (Å²) in [6.07, 6.45) is 1.33. The Kier molecular flexibility index (Phi) is 4.89. The molecule has 0 saturated carbocycles. The predicted molar refractivity (Wildman–Crippen MR) is 58.1 cm³/mol. The van der Waals surface area contributed by atoms with Gasteiger partial charge >= 0.3 is 0 Å². The van der Waals surface area contributed by atoms with E-state index in [0.717, 1.165) is 6.42 Å². The topological polar surface area (TPSA) is 64.6 Å². The van der Waals surface area contributed by atoms with Crippen LogP contribution in [0.2, 0.25) is 0 Å². The molecule has 0 aromatic rings. The molecule has 0 spiro atoms. The minimum atomic E-state index is -0.383. The summed E-state index contributed by atoms with van der Waals surface area (Å²) in [6.45, 7) is 3.10. The van der Waals surface area contributed by atoms with Gasteiger partial charge in [-0.2, -0.15) is 0 Å². The van der Waals surface area contributed by atoms with Crippen molar-refractivity contribution in [2.75, 3.05) is 26.9 Å². The Labute approximate surface area is 95.5 Å². The smallest absolute Gasteiger partial charge is 0.220 e. The second kappa shape index (κ2) is 5.96. The summed E-state index contributed by atoms with van der Waals surface area (Å²) >= 11 is 0. The van der Waals surface area contributed by atoms with Gasteiger partial charge in [-0.25, -0.2) is 0 Å². The van der Waals surface area contributed by atoms with Crippen LogP contribution in [0.4, 0.5) is 0 Å². The standard InChI is InChI=1S/C11H19NO4/c1-9(13)3-4-10(14)12-7-11(15-2)5-6-16-8-11/h3-8H2,1-2H3,(H,12,14). The van der Waals surface area contributed by atoms with Gasteiger partial charge in [0, 0.05) is 39.5 Å². The quantitative estimate of drug-likeness (QED) is 0.710. The molecule has 16 heavy (non-hydrogen) atoms. The first-order valence-corrected chi connectivity index (χ1v) is 5.47. The number of Topliss-reactive ketones (excluding diaryl/α,β-unsaturated/α-hetero) is 1. The van der Waals surface area contributed by atoms with Crippen molar-refractivity contribution < 1.29 is 19.1 Å². The first-order chi connectivity index (χ1) is 7.58. The fourth-order valence-corrected chi connectivity index (χ4v) is 1.60. The van der Waals surface area contributed by atoms with Crippen molar-refractivity contribution in [3.05, 3.63) is 0 Å². The lowest BCUT2D eigenvalue weighted by Crippen LogP contribution is -2.45. The normalized spacial score (nSPS) is 24.4. The van der Waals surface area contributed by atoms with E-state index in [-0.39, 0.29) is 23.7 Å². The van der Waals surface area contributed by atoms with Crippen molar-refractivity contribution in [3.63, 3.8) is 0 Å². The van der Waals surface area contributed by atoms with Crippen molar-refractivity contribution in [2.45, 2.75) is 31.8 Å². The second-order valence-electron chi connectivity index (χ2n) is 4.17. The van der Waals surface area contributed by atoms with Crippen LogP contribution in [0, 0.1) is 0 Å². The minimum absolute atomic E-state index is 0.0285. The molecule has 1 saturated heterocycles. The third kappa shape index (κ3) is 3.90. The number of carbonyl (C=O) groups is 2. The third-order valence-corrected chi connectivity index (χ3v) is 2.81. The molecule has 1 unspecified atom stereocenters. The highest BCUT2D eigenvalue weighted by Crippen LogP contribution is 2.21. The summed E-state index contributed by atoms with van der Waals surface area (Å²) in [5.74, 6) is -0.0840. The fraction of sp³-hybridized carbons (Fsp3) is 0.818. The summed E-state index contributed by atoms with van der Waals surface area (Å²) in [6, 6.07) is 0. The number of rotatable bonds is 6. The highest BCUT2D eigenvalue weighted by Gasteiger charge is 2.35. The largest absolute Gasteiger partial charge is 0.378 e. The Hall–Kier alpha value is -0.940. The van der Waals surface area contributed by atoms with Crippen LogP contribution in [0.3, 0.4) is 0 Å². The maximum atomic E-state index is 11.4. The first kappa shape index (κ1) is 13.1. The summed E-state index contributed by atoms with van der Waals surface area (Å²) in [5.41, 5.74) is -0.383. The molecule has 1 atom stereocenters. The number of ether oxygens (including phenoxy) is 2. The van der Waals surface area contributed by atoms with Gasteiger partial charge in [-0.3, -0.25) is 4.79 Å². The predicted octanol–water partition coefficient (Wildman–Crippen LogP) is 0.277. The van der Waals surface area contributed by atoms with Gasteiger partial charge in [-0.05, 0) is 6.92 Å². The van der Waals surface area contributed by atoms with Crippen molar-refractivity contribution in [1.29, 1.82) is 0 Å². The Balaban J connectivity index is 2.27. The zero-order valence-corrected chi connectivity index (χ0v) is 9.88. The molecule has 0 aromatic heterocycles. The molecule has 92 valence electrons. The highest BCUT2D eigenvalue weighted by atomic mass is 16.5. The van der Waals surface area contributed by atoms with Crippen LogP contribution in [0.25, 0.3) is 0 Å². The Morgan fingerprint density at radius 3 is 2.69 bits per heavy atom. The summed E-state index contributed by atoms with van der Waals surface area (Å²) in [5, 5.41) is 2.78. The van der Waals surface area contributed by atoms with Gasteiger partial charge in [0.05, 0.1) is 6.61 Å². The highest BCUT2D eigenvalue weighted by molar-refractivity contribution is 5.83. The molecule has 1 aliphatic rings. The van der Waals surface area contributed by atoms with E-state index in [1.165, 1.54) is 6.92 Å². The maximum absolute atomic E-state index is 11.4. The van der Waals surface area contributed by atoms with Gasteiger partial charge in [0.15, 0.2) is 0 Å². The van der Waals surface area contributed by atoms with Crippen molar-refractivity contribution in [3.8, 4) is 0 Å². The molecule has 0 bridgehead atoms. The lowest BCUT2D eigenvalue weighted by molar-refractivity contribution is -0.125. The molecule has 1 amide bonds. The molecular weight excluding hydrogens is 210 g/mol. The van der Waals surface area contributed by atoms with Gasteiger partial charge in [0.2, 0.25) is 5.91 Å². The molecule has 0 radical (unpaired) electrons. The molecule has 1 rings (SSSR count). The zero-order valence-electron chi connectivity index (χ0n) is 9.88. The van der Waals surface area contributed by atoms with E-state index in [0.29, 0.717) is 26.2 Å². The number of hydrogen-bond acceptors (Lipinski definition) is 4. The lowest BCUT2D eigenvalue weighted by atomic mass is 10.0. The van der Waals surface area contributed by atoms with Crippen molar-refractivity contribution in [1.82, 2.24) is 5.32 Å². The van der Waals surface area contributed by atoms with Gasteiger partial charge in [0.25, 0.3) is 0 Å². The van der Waals surface area contributed by atoms with E-state index in [1.807, 2.05) is 0 Å². The van der Waals surface area contributed by atoms with Crippen LogP contribution < -0.4 is 5.32 Å². The van der Waals surface area contributed by atoms with Crippen molar-refractivity contribution >= 4 is 11.7 Å². The van der Waals surface area contributed by atoms with Gasteiger partial charge < -0.3 is 19.6 Å². The molecule has 1 heterocycles. The molecule has 0 aromatic carbocycles. The molecule has 1 N–H and O–H groups in total. The van der Waals surface area contributed by atoms with E-state index in [1.54, 1.807) is 7.11 Å². The van der Waals surface area contributed by atoms with Crippen LogP contribution in [-0.2, 0) is 19.1 Å². The van der Waals surface area contributed by atoms with Crippen LogP contribution >= 0.6 is 0 Å². The van der Waals surface area contributed by atoms with E-state index in [2.05, 4.69) is 5.32 Å².